The lowest BCUT2D eigenvalue weighted by Gasteiger charge is -2.33. The van der Waals surface area contributed by atoms with Crippen LogP contribution in [0.3, 0.4) is 0 Å². The molecule has 0 spiro atoms. The Morgan fingerprint density at radius 1 is 1.19 bits per heavy atom. The van der Waals surface area contributed by atoms with Crippen molar-refractivity contribution in [2.45, 2.75) is 57.9 Å². The van der Waals surface area contributed by atoms with E-state index < -0.39 is 0 Å². The van der Waals surface area contributed by atoms with Gasteiger partial charge in [0.1, 0.15) is 5.75 Å². The first-order chi connectivity index (χ1) is 13.1. The lowest BCUT2D eigenvalue weighted by Crippen LogP contribution is -2.38. The summed E-state index contributed by atoms with van der Waals surface area (Å²) in [5.41, 5.74) is 2.02. The lowest BCUT2D eigenvalue weighted by atomic mass is 9.94. The normalized spacial score (nSPS) is 15.8. The second-order valence-corrected chi connectivity index (χ2v) is 7.54. The van der Waals surface area contributed by atoms with Gasteiger partial charge in [0.25, 0.3) is 0 Å². The van der Waals surface area contributed by atoms with Crippen LogP contribution in [-0.2, 0) is 0 Å². The Morgan fingerprint density at radius 3 is 2.67 bits per heavy atom. The van der Waals surface area contributed by atoms with E-state index in [1.54, 1.807) is 6.20 Å². The Kier molecular flexibility index (Phi) is 6.32. The second kappa shape index (κ2) is 8.89. The molecule has 1 aromatic heterocycles. The van der Waals surface area contributed by atoms with Gasteiger partial charge in [-0.05, 0) is 42.5 Å². The molecule has 0 aliphatic heterocycles. The van der Waals surface area contributed by atoms with Crippen LogP contribution in [0.4, 0.5) is 0 Å². The van der Waals surface area contributed by atoms with Crippen molar-refractivity contribution >= 4 is 5.84 Å². The summed E-state index contributed by atoms with van der Waals surface area (Å²) < 4.78 is 5.96. The monoisotopic (exact) mass is 367 g/mol. The maximum atomic E-state index is 9.64. The van der Waals surface area contributed by atoms with Crippen molar-refractivity contribution in [3.63, 3.8) is 0 Å². The maximum Gasteiger partial charge on any atom is 0.219 e. The summed E-state index contributed by atoms with van der Waals surface area (Å²) in [7, 11) is 2.00. The summed E-state index contributed by atoms with van der Waals surface area (Å²) in [5, 5.41) is 13.2. The Morgan fingerprint density at radius 2 is 1.96 bits per heavy atom. The van der Waals surface area contributed by atoms with E-state index in [-0.39, 0.29) is 0 Å². The topological polar surface area (TPSA) is 58.0 Å². The molecule has 5 nitrogen and oxygen atoms in total. The number of pyridine rings is 1. The molecule has 1 saturated carbocycles. The van der Waals surface area contributed by atoms with Crippen LogP contribution >= 0.6 is 0 Å². The Balaban J connectivity index is 1.78. The minimum Gasteiger partial charge on any atom is -0.439 e. The van der Waals surface area contributed by atoms with Crippen LogP contribution in [0, 0.1) is 0 Å². The van der Waals surface area contributed by atoms with Gasteiger partial charge in [-0.1, -0.05) is 50.4 Å². The molecule has 0 unspecified atom stereocenters. The smallest absolute Gasteiger partial charge is 0.219 e. The zero-order valence-electron chi connectivity index (χ0n) is 16.4. The second-order valence-electron chi connectivity index (χ2n) is 7.54. The number of oxime groups is 1. The van der Waals surface area contributed by atoms with Crippen molar-refractivity contribution in [1.82, 2.24) is 9.88 Å². The predicted octanol–water partition coefficient (Wildman–Crippen LogP) is 5.40. The van der Waals surface area contributed by atoms with E-state index in [0.29, 0.717) is 23.7 Å². The fourth-order valence-electron chi connectivity index (χ4n) is 3.64. The average Bonchev–Trinajstić information content (AvgIpc) is 2.69. The fourth-order valence-corrected chi connectivity index (χ4v) is 3.64. The molecule has 5 heteroatoms. The van der Waals surface area contributed by atoms with Gasteiger partial charge in [0.2, 0.25) is 5.88 Å². The Bertz CT molecular complexity index is 783. The standard InChI is InChI=1S/C22H29N3O2/c1-16(2)17-8-7-11-20(14-17)27-21-15-18(12-13-23-21)22(24-26)25(3)19-9-5-4-6-10-19/h7-8,11-16,19,26H,4-6,9-10H2,1-3H3/b24-22-. The first-order valence-electron chi connectivity index (χ1n) is 9.77. The molecule has 0 amide bonds. The molecular formula is C22H29N3O2. The summed E-state index contributed by atoms with van der Waals surface area (Å²) >= 11 is 0. The van der Waals surface area contributed by atoms with Crippen LogP contribution < -0.4 is 4.74 Å². The van der Waals surface area contributed by atoms with Gasteiger partial charge in [-0.15, -0.1) is 0 Å². The average molecular weight is 367 g/mol. The van der Waals surface area contributed by atoms with Crippen LogP contribution in [0.5, 0.6) is 11.6 Å². The molecule has 1 aliphatic carbocycles. The van der Waals surface area contributed by atoms with E-state index >= 15 is 0 Å². The number of hydrogen-bond donors (Lipinski definition) is 1. The highest BCUT2D eigenvalue weighted by Gasteiger charge is 2.22. The van der Waals surface area contributed by atoms with E-state index in [1.165, 1.54) is 24.8 Å². The zero-order chi connectivity index (χ0) is 19.2. The van der Waals surface area contributed by atoms with E-state index in [9.17, 15) is 5.21 Å². The van der Waals surface area contributed by atoms with Crippen LogP contribution in [0.1, 0.15) is 63.0 Å². The van der Waals surface area contributed by atoms with E-state index in [2.05, 4.69) is 35.0 Å². The molecule has 0 saturated heterocycles. The zero-order valence-corrected chi connectivity index (χ0v) is 16.4. The number of rotatable bonds is 5. The minimum absolute atomic E-state index is 0.407. The highest BCUT2D eigenvalue weighted by Crippen LogP contribution is 2.26. The van der Waals surface area contributed by atoms with Gasteiger partial charge in [-0.2, -0.15) is 0 Å². The summed E-state index contributed by atoms with van der Waals surface area (Å²) in [4.78, 5) is 6.40. The maximum absolute atomic E-state index is 9.64. The van der Waals surface area contributed by atoms with Gasteiger partial charge in [0.05, 0.1) is 0 Å². The summed E-state index contributed by atoms with van der Waals surface area (Å²) in [5.74, 6) is 2.25. The van der Waals surface area contributed by atoms with Crippen molar-refractivity contribution in [3.8, 4) is 11.6 Å². The van der Waals surface area contributed by atoms with Gasteiger partial charge in [0.15, 0.2) is 5.84 Å². The highest BCUT2D eigenvalue weighted by molar-refractivity contribution is 5.98. The lowest BCUT2D eigenvalue weighted by molar-refractivity contribution is 0.256. The molecule has 1 heterocycles. The third kappa shape index (κ3) is 4.79. The Hall–Kier alpha value is -2.56. The van der Waals surface area contributed by atoms with E-state index in [4.69, 9.17) is 4.74 Å². The SMILES string of the molecule is CC(C)c1cccc(Oc2cc(/C(=N/O)N(C)C3CCCCC3)ccn2)c1. The van der Waals surface area contributed by atoms with Gasteiger partial charge in [-0.3, -0.25) is 0 Å². The van der Waals surface area contributed by atoms with Crippen LogP contribution in [-0.4, -0.2) is 34.0 Å². The molecule has 0 atom stereocenters. The van der Waals surface area contributed by atoms with Crippen molar-refractivity contribution < 1.29 is 9.94 Å². The quantitative estimate of drug-likeness (QED) is 0.333. The minimum atomic E-state index is 0.407. The number of amidine groups is 1. The number of benzene rings is 1. The molecule has 27 heavy (non-hydrogen) atoms. The fraction of sp³-hybridized carbons (Fsp3) is 0.455. The summed E-state index contributed by atoms with van der Waals surface area (Å²) in [6.45, 7) is 4.31. The molecule has 2 aromatic rings. The predicted molar refractivity (Wildman–Crippen MR) is 108 cm³/mol. The van der Waals surface area contributed by atoms with Crippen molar-refractivity contribution in [2.75, 3.05) is 7.05 Å². The first kappa shape index (κ1) is 19.2. The van der Waals surface area contributed by atoms with Gasteiger partial charge >= 0.3 is 0 Å². The molecule has 1 aliphatic rings. The first-order valence-corrected chi connectivity index (χ1v) is 9.77. The summed E-state index contributed by atoms with van der Waals surface area (Å²) in [6, 6.07) is 12.1. The van der Waals surface area contributed by atoms with Gasteiger partial charge in [-0.25, -0.2) is 4.98 Å². The molecule has 3 rings (SSSR count). The van der Waals surface area contributed by atoms with Gasteiger partial charge < -0.3 is 14.8 Å². The third-order valence-electron chi connectivity index (χ3n) is 5.29. The molecule has 144 valence electrons. The van der Waals surface area contributed by atoms with E-state index in [1.807, 2.05) is 37.4 Å². The third-order valence-corrected chi connectivity index (χ3v) is 5.29. The van der Waals surface area contributed by atoms with Crippen molar-refractivity contribution in [1.29, 1.82) is 0 Å². The number of aromatic nitrogens is 1. The molecule has 0 radical (unpaired) electrons. The highest BCUT2D eigenvalue weighted by atomic mass is 16.5. The summed E-state index contributed by atoms with van der Waals surface area (Å²) in [6.07, 6.45) is 7.70. The van der Waals surface area contributed by atoms with Crippen LogP contribution in [0.2, 0.25) is 0 Å². The van der Waals surface area contributed by atoms with Crippen LogP contribution in [0.15, 0.2) is 47.8 Å². The van der Waals surface area contributed by atoms with Gasteiger partial charge in [0, 0.05) is 30.9 Å². The molecule has 1 N–H and O–H groups in total. The number of nitrogens with zero attached hydrogens (tertiary/aromatic N) is 3. The largest absolute Gasteiger partial charge is 0.439 e. The number of ether oxygens (including phenoxy) is 1. The van der Waals surface area contributed by atoms with E-state index in [0.717, 1.165) is 24.2 Å². The van der Waals surface area contributed by atoms with Crippen LogP contribution in [0.25, 0.3) is 0 Å². The molecule has 0 bridgehead atoms. The molecular weight excluding hydrogens is 338 g/mol. The molecule has 1 fully saturated rings. The number of hydrogen-bond acceptors (Lipinski definition) is 4. The Labute approximate surface area is 161 Å². The van der Waals surface area contributed by atoms with Crippen molar-refractivity contribution in [2.24, 2.45) is 5.16 Å². The van der Waals surface area contributed by atoms with Crippen molar-refractivity contribution in [3.05, 3.63) is 53.7 Å². The molecule has 1 aromatic carbocycles.